The van der Waals surface area contributed by atoms with E-state index in [2.05, 4.69) is 44.6 Å². The minimum absolute atomic E-state index is 0.0718. The Kier molecular flexibility index (Phi) is 5.79. The number of benzene rings is 3. The molecular formula is C29H26N6O. The molecule has 1 amide bonds. The molecule has 0 bridgehead atoms. The molecule has 1 aliphatic heterocycles. The van der Waals surface area contributed by atoms with Gasteiger partial charge in [0.05, 0.1) is 5.69 Å². The normalized spacial score (nSPS) is 13.7. The van der Waals surface area contributed by atoms with Crippen LogP contribution in [0.25, 0.3) is 16.9 Å². The summed E-state index contributed by atoms with van der Waals surface area (Å²) in [7, 11) is 0. The van der Waals surface area contributed by atoms with Crippen molar-refractivity contribution in [3.8, 4) is 11.3 Å². The number of hydrogen-bond acceptors (Lipinski definition) is 5. The van der Waals surface area contributed by atoms with Gasteiger partial charge in [-0.3, -0.25) is 4.79 Å². The lowest BCUT2D eigenvalue weighted by molar-refractivity contribution is 0.0747. The monoisotopic (exact) mass is 474 g/mol. The predicted molar refractivity (Wildman–Crippen MR) is 143 cm³/mol. The van der Waals surface area contributed by atoms with Crippen LogP contribution in [0.15, 0.2) is 103 Å². The molecule has 0 radical (unpaired) electrons. The molecule has 0 aliphatic carbocycles. The van der Waals surface area contributed by atoms with Crippen molar-refractivity contribution < 1.29 is 4.79 Å². The average molecular weight is 475 g/mol. The molecule has 178 valence electrons. The van der Waals surface area contributed by atoms with Gasteiger partial charge in [-0.15, -0.1) is 5.10 Å². The first kappa shape index (κ1) is 21.9. The predicted octanol–water partition coefficient (Wildman–Crippen LogP) is 5.10. The van der Waals surface area contributed by atoms with Crippen molar-refractivity contribution in [2.75, 3.05) is 36.4 Å². The van der Waals surface area contributed by atoms with Gasteiger partial charge in [0.15, 0.2) is 5.65 Å². The SMILES string of the molecule is O=C(c1ccc(-c2cccc3nc(Nc4ccccc4)nn23)cc1)N1CCN(c2ccccc2)CC1. The number of aromatic nitrogens is 3. The van der Waals surface area contributed by atoms with Crippen LogP contribution in [-0.4, -0.2) is 51.6 Å². The summed E-state index contributed by atoms with van der Waals surface area (Å²) in [6.45, 7) is 3.10. The van der Waals surface area contributed by atoms with Gasteiger partial charge in [-0.1, -0.05) is 54.6 Å². The minimum Gasteiger partial charge on any atom is -0.368 e. The van der Waals surface area contributed by atoms with E-state index in [4.69, 9.17) is 0 Å². The van der Waals surface area contributed by atoms with Crippen LogP contribution in [0.4, 0.5) is 17.3 Å². The fraction of sp³-hybridized carbons (Fsp3) is 0.138. The standard InChI is InChI=1S/C29H26N6O/c36-28(34-20-18-33(19-21-34)25-10-5-2-6-11-25)23-16-14-22(15-17-23)26-12-7-13-27-31-29(32-35(26)27)30-24-8-3-1-4-9-24/h1-17H,18-21H2,(H,30,32). The molecule has 1 fully saturated rings. The molecule has 36 heavy (non-hydrogen) atoms. The third-order valence-corrected chi connectivity index (χ3v) is 6.51. The van der Waals surface area contributed by atoms with Crippen molar-refractivity contribution in [2.45, 2.75) is 0 Å². The Hall–Kier alpha value is -4.65. The number of anilines is 3. The maximum atomic E-state index is 13.2. The van der Waals surface area contributed by atoms with Crippen molar-refractivity contribution >= 4 is 28.9 Å². The Morgan fingerprint density at radius 3 is 2.14 bits per heavy atom. The van der Waals surface area contributed by atoms with E-state index in [1.54, 1.807) is 0 Å². The molecule has 3 aromatic carbocycles. The summed E-state index contributed by atoms with van der Waals surface area (Å²) in [6, 6.07) is 33.9. The lowest BCUT2D eigenvalue weighted by Gasteiger charge is -2.36. The molecule has 2 aromatic heterocycles. The van der Waals surface area contributed by atoms with Gasteiger partial charge in [0, 0.05) is 48.7 Å². The molecule has 0 unspecified atom stereocenters. The van der Waals surface area contributed by atoms with Gasteiger partial charge in [-0.25, -0.2) is 4.52 Å². The summed E-state index contributed by atoms with van der Waals surface area (Å²) >= 11 is 0. The Balaban J connectivity index is 1.17. The zero-order valence-corrected chi connectivity index (χ0v) is 19.8. The quantitative estimate of drug-likeness (QED) is 0.384. The van der Waals surface area contributed by atoms with Crippen molar-refractivity contribution in [3.05, 3.63) is 109 Å². The van der Waals surface area contributed by atoms with Crippen LogP contribution in [-0.2, 0) is 0 Å². The number of hydrogen-bond donors (Lipinski definition) is 1. The summed E-state index contributed by atoms with van der Waals surface area (Å²) in [6.07, 6.45) is 0. The molecular weight excluding hydrogens is 448 g/mol. The van der Waals surface area contributed by atoms with E-state index >= 15 is 0 Å². The first-order chi connectivity index (χ1) is 17.7. The highest BCUT2D eigenvalue weighted by molar-refractivity contribution is 5.95. The molecule has 5 aromatic rings. The average Bonchev–Trinajstić information content (AvgIpc) is 3.36. The van der Waals surface area contributed by atoms with Crippen molar-refractivity contribution in [3.63, 3.8) is 0 Å². The van der Waals surface area contributed by atoms with Gasteiger partial charge in [-0.05, 0) is 48.5 Å². The number of amides is 1. The smallest absolute Gasteiger partial charge is 0.253 e. The van der Waals surface area contributed by atoms with Crippen LogP contribution >= 0.6 is 0 Å². The van der Waals surface area contributed by atoms with Crippen molar-refractivity contribution in [2.24, 2.45) is 0 Å². The van der Waals surface area contributed by atoms with Gasteiger partial charge < -0.3 is 15.1 Å². The third-order valence-electron chi connectivity index (χ3n) is 6.51. The number of nitrogens with zero attached hydrogens (tertiary/aromatic N) is 5. The van der Waals surface area contributed by atoms with Crippen LogP contribution in [0.3, 0.4) is 0 Å². The molecule has 1 aliphatic rings. The second-order valence-corrected chi connectivity index (χ2v) is 8.80. The number of carbonyl (C=O) groups excluding carboxylic acids is 1. The van der Waals surface area contributed by atoms with Crippen molar-refractivity contribution in [1.82, 2.24) is 19.5 Å². The van der Waals surface area contributed by atoms with Gasteiger partial charge in [-0.2, -0.15) is 4.98 Å². The molecule has 3 heterocycles. The van der Waals surface area contributed by atoms with Crippen LogP contribution in [0.5, 0.6) is 0 Å². The second-order valence-electron chi connectivity index (χ2n) is 8.80. The van der Waals surface area contributed by atoms with Crippen LogP contribution in [0, 0.1) is 0 Å². The first-order valence-corrected chi connectivity index (χ1v) is 12.1. The summed E-state index contributed by atoms with van der Waals surface area (Å²) in [5, 5.41) is 7.91. The highest BCUT2D eigenvalue weighted by Crippen LogP contribution is 2.23. The number of carbonyl (C=O) groups is 1. The van der Waals surface area contributed by atoms with E-state index in [0.29, 0.717) is 24.6 Å². The highest BCUT2D eigenvalue weighted by Gasteiger charge is 2.22. The molecule has 1 N–H and O–H groups in total. The lowest BCUT2D eigenvalue weighted by Crippen LogP contribution is -2.48. The maximum Gasteiger partial charge on any atom is 0.253 e. The molecule has 0 spiro atoms. The van der Waals surface area contributed by atoms with Crippen LogP contribution in [0.1, 0.15) is 10.4 Å². The highest BCUT2D eigenvalue weighted by atomic mass is 16.2. The van der Waals surface area contributed by atoms with Crippen LogP contribution in [0.2, 0.25) is 0 Å². The van der Waals surface area contributed by atoms with E-state index in [0.717, 1.165) is 35.7 Å². The van der Waals surface area contributed by atoms with Gasteiger partial charge in [0.2, 0.25) is 5.95 Å². The van der Waals surface area contributed by atoms with Gasteiger partial charge >= 0.3 is 0 Å². The molecule has 0 saturated carbocycles. The Labute approximate surface area is 209 Å². The fourth-order valence-corrected chi connectivity index (χ4v) is 4.60. The van der Waals surface area contributed by atoms with Gasteiger partial charge in [0.1, 0.15) is 0 Å². The van der Waals surface area contributed by atoms with Crippen LogP contribution < -0.4 is 10.2 Å². The minimum atomic E-state index is 0.0718. The van der Waals surface area contributed by atoms with E-state index in [-0.39, 0.29) is 5.91 Å². The largest absolute Gasteiger partial charge is 0.368 e. The van der Waals surface area contributed by atoms with Gasteiger partial charge in [0.25, 0.3) is 5.91 Å². The number of rotatable bonds is 5. The molecule has 6 rings (SSSR count). The maximum absolute atomic E-state index is 13.2. The van der Waals surface area contributed by atoms with E-state index in [1.807, 2.05) is 88.3 Å². The first-order valence-electron chi connectivity index (χ1n) is 12.1. The number of para-hydroxylation sites is 2. The number of piperazine rings is 1. The number of fused-ring (bicyclic) bond motifs is 1. The fourth-order valence-electron chi connectivity index (χ4n) is 4.60. The molecule has 7 nitrogen and oxygen atoms in total. The molecule has 1 saturated heterocycles. The summed E-state index contributed by atoms with van der Waals surface area (Å²) in [4.78, 5) is 22.0. The Morgan fingerprint density at radius 2 is 1.42 bits per heavy atom. The van der Waals surface area contributed by atoms with Crippen molar-refractivity contribution in [1.29, 1.82) is 0 Å². The van der Waals surface area contributed by atoms with E-state index in [1.165, 1.54) is 5.69 Å². The Morgan fingerprint density at radius 1 is 0.722 bits per heavy atom. The van der Waals surface area contributed by atoms with E-state index in [9.17, 15) is 4.79 Å². The van der Waals surface area contributed by atoms with E-state index < -0.39 is 0 Å². The summed E-state index contributed by atoms with van der Waals surface area (Å²) in [5.41, 5.74) is 5.48. The zero-order chi connectivity index (χ0) is 24.3. The topological polar surface area (TPSA) is 65.8 Å². The summed E-state index contributed by atoms with van der Waals surface area (Å²) in [5.74, 6) is 0.609. The summed E-state index contributed by atoms with van der Waals surface area (Å²) < 4.78 is 1.82. The number of pyridine rings is 1. The second kappa shape index (κ2) is 9.54. The third kappa shape index (κ3) is 4.38. The number of nitrogens with one attached hydrogen (secondary N) is 1. The lowest BCUT2D eigenvalue weighted by atomic mass is 10.1. The molecule has 7 heteroatoms. The molecule has 0 atom stereocenters. The zero-order valence-electron chi connectivity index (χ0n) is 19.8. The Bertz CT molecular complexity index is 1470.